The molecule has 0 saturated carbocycles. The van der Waals surface area contributed by atoms with Gasteiger partial charge in [0.25, 0.3) is 15.9 Å². The second-order valence-corrected chi connectivity index (χ2v) is 16.4. The van der Waals surface area contributed by atoms with Crippen molar-refractivity contribution in [2.75, 3.05) is 13.1 Å². The summed E-state index contributed by atoms with van der Waals surface area (Å²) in [4.78, 5) is 13.2. The van der Waals surface area contributed by atoms with Crippen LogP contribution in [0.2, 0.25) is 0 Å². The Labute approximate surface area is 283 Å². The third-order valence-electron chi connectivity index (χ3n) is 8.54. The number of hydrogen-bond donors (Lipinski definition) is 1. The van der Waals surface area contributed by atoms with E-state index >= 15 is 0 Å². The number of benzene rings is 4. The van der Waals surface area contributed by atoms with Crippen LogP contribution in [-0.2, 0) is 24.8 Å². The van der Waals surface area contributed by atoms with Crippen LogP contribution >= 0.6 is 0 Å². The molecule has 0 aliphatic carbocycles. The Morgan fingerprint density at radius 3 is 2.25 bits per heavy atom. The van der Waals surface area contributed by atoms with Crippen LogP contribution in [0, 0.1) is 11.3 Å². The van der Waals surface area contributed by atoms with Crippen LogP contribution in [0.15, 0.2) is 107 Å². The molecule has 1 atom stereocenters. The number of nitrogens with one attached hydrogen (secondary N) is 1. The van der Waals surface area contributed by atoms with Crippen molar-refractivity contribution < 1.29 is 26.4 Å². The monoisotopic (exact) mass is 685 g/mol. The molecule has 1 heterocycles. The maximum Gasteiger partial charge on any atom is 0.277 e. The average molecular weight is 686 g/mol. The van der Waals surface area contributed by atoms with E-state index in [2.05, 4.69) is 30.7 Å². The molecule has 11 heteroatoms. The maximum atomic E-state index is 13.9. The number of carbonyl (C=O) groups is 1. The molecule has 0 spiro atoms. The Morgan fingerprint density at radius 2 is 1.58 bits per heavy atom. The van der Waals surface area contributed by atoms with E-state index in [4.69, 9.17) is 10.00 Å². The minimum absolute atomic E-state index is 0.113. The number of nitrogens with zero attached hydrogens (tertiary/aromatic N) is 2. The van der Waals surface area contributed by atoms with Crippen LogP contribution in [0.3, 0.4) is 0 Å². The summed E-state index contributed by atoms with van der Waals surface area (Å²) in [5.74, 6) is -0.233. The van der Waals surface area contributed by atoms with Gasteiger partial charge in [0.05, 0.1) is 21.4 Å². The number of hydrogen-bond acceptors (Lipinski definition) is 7. The van der Waals surface area contributed by atoms with Crippen LogP contribution in [-0.4, -0.2) is 45.7 Å². The van der Waals surface area contributed by atoms with Gasteiger partial charge in [0, 0.05) is 13.1 Å². The number of sulfonamides is 2. The largest absolute Gasteiger partial charge is 0.478 e. The van der Waals surface area contributed by atoms with Gasteiger partial charge in [0.15, 0.2) is 5.60 Å². The van der Waals surface area contributed by atoms with E-state index in [0.717, 1.165) is 23.1 Å². The van der Waals surface area contributed by atoms with Crippen molar-refractivity contribution in [3.05, 3.63) is 114 Å². The zero-order chi connectivity index (χ0) is 34.7. The van der Waals surface area contributed by atoms with E-state index in [1.165, 1.54) is 48.0 Å². The molecule has 4 aromatic carbocycles. The first-order chi connectivity index (χ1) is 22.7. The van der Waals surface area contributed by atoms with Gasteiger partial charge >= 0.3 is 0 Å². The summed E-state index contributed by atoms with van der Waals surface area (Å²) in [5, 5.41) is 8.97. The van der Waals surface area contributed by atoms with Crippen molar-refractivity contribution in [3.8, 4) is 22.9 Å². The maximum absolute atomic E-state index is 13.9. The number of amides is 1. The lowest BCUT2D eigenvalue weighted by Crippen LogP contribution is -2.48. The summed E-state index contributed by atoms with van der Waals surface area (Å²) in [6.07, 6.45) is 1.44. The Bertz CT molecular complexity index is 2050. The Balaban J connectivity index is 1.28. The molecule has 1 aliphatic heterocycles. The van der Waals surface area contributed by atoms with Crippen LogP contribution in [0.1, 0.15) is 69.1 Å². The molecule has 0 bridgehead atoms. The van der Waals surface area contributed by atoms with Crippen molar-refractivity contribution in [2.24, 2.45) is 0 Å². The predicted molar refractivity (Wildman–Crippen MR) is 184 cm³/mol. The number of carbonyl (C=O) groups excluding carboxylic acids is 1. The summed E-state index contributed by atoms with van der Waals surface area (Å²) in [6, 6.07) is 29.5. The van der Waals surface area contributed by atoms with E-state index in [1.54, 1.807) is 36.4 Å². The first-order valence-corrected chi connectivity index (χ1v) is 18.7. The fraction of sp³-hybridized carbons (Fsp3) is 0.297. The second kappa shape index (κ2) is 13.9. The highest BCUT2D eigenvalue weighted by molar-refractivity contribution is 7.90. The van der Waals surface area contributed by atoms with Crippen LogP contribution in [0.25, 0.3) is 11.1 Å². The fourth-order valence-electron chi connectivity index (χ4n) is 5.66. The molecule has 9 nitrogen and oxygen atoms in total. The van der Waals surface area contributed by atoms with Crippen molar-refractivity contribution in [1.82, 2.24) is 9.03 Å². The quantitative estimate of drug-likeness (QED) is 0.199. The molecule has 1 N–H and O–H groups in total. The lowest BCUT2D eigenvalue weighted by atomic mass is 9.91. The third kappa shape index (κ3) is 7.79. The van der Waals surface area contributed by atoms with Crippen molar-refractivity contribution in [3.63, 3.8) is 0 Å². The van der Waals surface area contributed by atoms with Gasteiger partial charge in [-0.1, -0.05) is 62.4 Å². The zero-order valence-electron chi connectivity index (χ0n) is 27.4. The first kappa shape index (κ1) is 34.8. The lowest BCUT2D eigenvalue weighted by Gasteiger charge is -2.32. The van der Waals surface area contributed by atoms with E-state index in [0.29, 0.717) is 30.2 Å². The predicted octanol–water partition coefficient (Wildman–Crippen LogP) is 6.58. The van der Waals surface area contributed by atoms with Gasteiger partial charge in [-0.15, -0.1) is 0 Å². The summed E-state index contributed by atoms with van der Waals surface area (Å²) >= 11 is 0. The van der Waals surface area contributed by atoms with Crippen molar-refractivity contribution in [1.29, 1.82) is 5.26 Å². The fourth-order valence-corrected chi connectivity index (χ4v) is 8.34. The molecule has 0 aromatic heterocycles. The average Bonchev–Trinajstić information content (AvgIpc) is 3.08. The van der Waals surface area contributed by atoms with E-state index in [9.17, 15) is 21.6 Å². The molecule has 48 heavy (non-hydrogen) atoms. The SMILES string of the molecule is CC(C)c1ccc(-c2cccc(S(=O)(=O)N3CCCC(c4cccc(OC(C)(C)C(=O)NS(=O)(=O)c5ccc(C#N)cc5)c4)C3)c2)cc1. The molecule has 1 amide bonds. The topological polar surface area (TPSA) is 134 Å². The minimum atomic E-state index is -4.20. The molecule has 1 saturated heterocycles. The van der Waals surface area contributed by atoms with Gasteiger partial charge in [-0.2, -0.15) is 9.57 Å². The summed E-state index contributed by atoms with van der Waals surface area (Å²) in [7, 11) is -7.98. The molecule has 4 aromatic rings. The highest BCUT2D eigenvalue weighted by Gasteiger charge is 2.35. The van der Waals surface area contributed by atoms with Gasteiger partial charge in [-0.25, -0.2) is 21.6 Å². The normalized spacial score (nSPS) is 15.9. The highest BCUT2D eigenvalue weighted by atomic mass is 32.2. The lowest BCUT2D eigenvalue weighted by molar-refractivity contribution is -0.132. The molecule has 250 valence electrons. The van der Waals surface area contributed by atoms with Crippen LogP contribution in [0.5, 0.6) is 5.75 Å². The third-order valence-corrected chi connectivity index (χ3v) is 11.7. The summed E-state index contributed by atoms with van der Waals surface area (Å²) in [5.41, 5.74) is 2.58. The van der Waals surface area contributed by atoms with E-state index < -0.39 is 31.6 Å². The number of nitriles is 1. The molecule has 0 radical (unpaired) electrons. The molecule has 1 unspecified atom stereocenters. The van der Waals surface area contributed by atoms with Gasteiger partial charge in [-0.05, 0) is 109 Å². The number of rotatable bonds is 10. The van der Waals surface area contributed by atoms with Gasteiger partial charge in [-0.3, -0.25) is 4.79 Å². The standard InChI is InChI=1S/C37H39N3O6S2/c1-26(2)28-15-17-29(18-16-28)31-9-6-12-35(23-31)48(44,45)40-21-7-10-32(25-40)30-8-5-11-33(22-30)46-37(3,4)36(41)39-47(42,43)34-19-13-27(24-38)14-20-34/h5-6,8-9,11-20,22-23,26,32H,7,10,21,25H2,1-4H3,(H,39,41). The smallest absolute Gasteiger partial charge is 0.277 e. The Morgan fingerprint density at radius 1 is 0.896 bits per heavy atom. The Kier molecular flexibility index (Phi) is 10.1. The zero-order valence-corrected chi connectivity index (χ0v) is 29.0. The van der Waals surface area contributed by atoms with Crippen LogP contribution in [0.4, 0.5) is 0 Å². The molecule has 5 rings (SSSR count). The van der Waals surface area contributed by atoms with E-state index in [1.807, 2.05) is 30.3 Å². The first-order valence-electron chi connectivity index (χ1n) is 15.8. The highest BCUT2D eigenvalue weighted by Crippen LogP contribution is 2.34. The summed E-state index contributed by atoms with van der Waals surface area (Å²) in [6.45, 7) is 7.88. The van der Waals surface area contributed by atoms with Crippen molar-refractivity contribution >= 4 is 26.0 Å². The van der Waals surface area contributed by atoms with Gasteiger partial charge < -0.3 is 4.74 Å². The minimum Gasteiger partial charge on any atom is -0.478 e. The molecule has 1 fully saturated rings. The van der Waals surface area contributed by atoms with Crippen molar-refractivity contribution in [2.45, 2.75) is 67.8 Å². The second-order valence-electron chi connectivity index (χ2n) is 12.8. The summed E-state index contributed by atoms with van der Waals surface area (Å²) < 4.78 is 62.9. The number of ether oxygens (including phenoxy) is 1. The van der Waals surface area contributed by atoms with Crippen LogP contribution < -0.4 is 9.46 Å². The molecule has 1 aliphatic rings. The molecular weight excluding hydrogens is 647 g/mol. The van der Waals surface area contributed by atoms with E-state index in [-0.39, 0.29) is 22.3 Å². The van der Waals surface area contributed by atoms with Gasteiger partial charge in [0.1, 0.15) is 5.75 Å². The number of piperidine rings is 1. The molecular formula is C37H39N3O6S2. The Hall–Kier alpha value is -4.50. The van der Waals surface area contributed by atoms with Gasteiger partial charge in [0.2, 0.25) is 10.0 Å².